The summed E-state index contributed by atoms with van der Waals surface area (Å²) < 4.78 is 5.00. The maximum absolute atomic E-state index is 11.3. The number of hydrogen-bond acceptors (Lipinski definition) is 4. The Kier molecular flexibility index (Phi) is 3.59. The van der Waals surface area contributed by atoms with Crippen molar-refractivity contribution in [3.8, 4) is 0 Å². The molecule has 1 N–H and O–H groups in total. The van der Waals surface area contributed by atoms with Crippen molar-refractivity contribution in [2.24, 2.45) is 0 Å². The molecule has 0 radical (unpaired) electrons. The van der Waals surface area contributed by atoms with Gasteiger partial charge in [0.25, 0.3) is 0 Å². The number of cyclic esters (lactones) is 1. The fourth-order valence-electron chi connectivity index (χ4n) is 2.54. The Labute approximate surface area is 90.2 Å². The minimum atomic E-state index is -0.260. The molecular formula is C11H19NO3. The van der Waals surface area contributed by atoms with Crippen LogP contribution in [0.4, 0.5) is 0 Å². The number of carbonyl (C=O) groups is 1. The van der Waals surface area contributed by atoms with Gasteiger partial charge in [-0.25, -0.2) is 0 Å². The molecule has 2 fully saturated rings. The van der Waals surface area contributed by atoms with Crippen molar-refractivity contribution < 1.29 is 14.6 Å². The number of aliphatic hydroxyl groups excluding tert-OH is 1. The zero-order valence-electron chi connectivity index (χ0n) is 9.02. The van der Waals surface area contributed by atoms with Crippen molar-refractivity contribution >= 4 is 5.97 Å². The molecule has 0 aromatic carbocycles. The van der Waals surface area contributed by atoms with E-state index in [9.17, 15) is 9.90 Å². The van der Waals surface area contributed by atoms with E-state index in [4.69, 9.17) is 4.74 Å². The quantitative estimate of drug-likeness (QED) is 0.646. The molecular weight excluding hydrogens is 194 g/mol. The molecule has 0 spiro atoms. The second-order valence-electron chi connectivity index (χ2n) is 4.46. The average Bonchev–Trinajstić information content (AvgIpc) is 2.43. The SMILES string of the molecule is O=C1CN(C2CCCCC2O)CCCO1. The molecule has 0 aromatic rings. The molecule has 2 aliphatic rings. The van der Waals surface area contributed by atoms with Crippen LogP contribution >= 0.6 is 0 Å². The third-order valence-corrected chi connectivity index (χ3v) is 3.35. The van der Waals surface area contributed by atoms with Crippen LogP contribution in [-0.2, 0) is 9.53 Å². The minimum absolute atomic E-state index is 0.148. The predicted octanol–water partition coefficient (Wildman–Crippen LogP) is 0.539. The topological polar surface area (TPSA) is 49.8 Å². The summed E-state index contributed by atoms with van der Waals surface area (Å²) in [5, 5.41) is 9.91. The second kappa shape index (κ2) is 4.94. The first-order valence-electron chi connectivity index (χ1n) is 5.85. The third-order valence-electron chi connectivity index (χ3n) is 3.35. The van der Waals surface area contributed by atoms with Crippen LogP contribution in [0.5, 0.6) is 0 Å². The summed E-state index contributed by atoms with van der Waals surface area (Å²) in [6.45, 7) is 1.74. The summed E-state index contributed by atoms with van der Waals surface area (Å²) >= 11 is 0. The first kappa shape index (κ1) is 10.9. The van der Waals surface area contributed by atoms with Gasteiger partial charge in [-0.2, -0.15) is 0 Å². The van der Waals surface area contributed by atoms with Gasteiger partial charge in [-0.15, -0.1) is 0 Å². The zero-order chi connectivity index (χ0) is 10.7. The fraction of sp³-hybridized carbons (Fsp3) is 0.909. The molecule has 0 bridgehead atoms. The van der Waals surface area contributed by atoms with Crippen molar-refractivity contribution in [3.05, 3.63) is 0 Å². The molecule has 2 unspecified atom stereocenters. The Morgan fingerprint density at radius 1 is 1.27 bits per heavy atom. The Bertz CT molecular complexity index is 232. The highest BCUT2D eigenvalue weighted by molar-refractivity contribution is 5.71. The van der Waals surface area contributed by atoms with Crippen LogP contribution in [0.25, 0.3) is 0 Å². The predicted molar refractivity (Wildman–Crippen MR) is 55.4 cm³/mol. The summed E-state index contributed by atoms with van der Waals surface area (Å²) in [7, 11) is 0. The highest BCUT2D eigenvalue weighted by atomic mass is 16.5. The van der Waals surface area contributed by atoms with E-state index in [2.05, 4.69) is 4.90 Å². The standard InChI is InChI=1S/C11H19NO3/c13-10-5-2-1-4-9(10)12-6-3-7-15-11(14)8-12/h9-10,13H,1-8H2. The van der Waals surface area contributed by atoms with Crippen molar-refractivity contribution in [1.29, 1.82) is 0 Å². The van der Waals surface area contributed by atoms with E-state index in [-0.39, 0.29) is 18.1 Å². The molecule has 0 amide bonds. The van der Waals surface area contributed by atoms with E-state index < -0.39 is 0 Å². The Morgan fingerprint density at radius 3 is 2.87 bits per heavy atom. The van der Waals surface area contributed by atoms with Crippen LogP contribution < -0.4 is 0 Å². The minimum Gasteiger partial charge on any atom is -0.465 e. The fourth-order valence-corrected chi connectivity index (χ4v) is 2.54. The number of rotatable bonds is 1. The Balaban J connectivity index is 1.97. The van der Waals surface area contributed by atoms with E-state index in [1.807, 2.05) is 0 Å². The van der Waals surface area contributed by atoms with Gasteiger partial charge < -0.3 is 9.84 Å². The molecule has 1 saturated carbocycles. The van der Waals surface area contributed by atoms with Gasteiger partial charge in [-0.1, -0.05) is 12.8 Å². The largest absolute Gasteiger partial charge is 0.465 e. The van der Waals surface area contributed by atoms with Crippen LogP contribution in [0.15, 0.2) is 0 Å². The van der Waals surface area contributed by atoms with Gasteiger partial charge >= 0.3 is 5.97 Å². The van der Waals surface area contributed by atoms with E-state index in [1.165, 1.54) is 0 Å². The smallest absolute Gasteiger partial charge is 0.320 e. The zero-order valence-corrected chi connectivity index (χ0v) is 9.02. The lowest BCUT2D eigenvalue weighted by molar-refractivity contribution is -0.143. The monoisotopic (exact) mass is 213 g/mol. The van der Waals surface area contributed by atoms with Gasteiger partial charge in [-0.3, -0.25) is 9.69 Å². The Hall–Kier alpha value is -0.610. The summed E-state index contributed by atoms with van der Waals surface area (Å²) in [6, 6.07) is 0.171. The lowest BCUT2D eigenvalue weighted by atomic mass is 9.91. The molecule has 4 heteroatoms. The molecule has 1 heterocycles. The van der Waals surface area contributed by atoms with Crippen LogP contribution in [-0.4, -0.2) is 47.8 Å². The first-order chi connectivity index (χ1) is 7.27. The van der Waals surface area contributed by atoms with Crippen LogP contribution in [0.1, 0.15) is 32.1 Å². The lowest BCUT2D eigenvalue weighted by Gasteiger charge is -2.36. The maximum atomic E-state index is 11.3. The maximum Gasteiger partial charge on any atom is 0.320 e. The second-order valence-corrected chi connectivity index (χ2v) is 4.46. The number of carbonyl (C=O) groups excluding carboxylic acids is 1. The normalized spacial score (nSPS) is 34.6. The molecule has 1 aliphatic carbocycles. The van der Waals surface area contributed by atoms with E-state index in [0.29, 0.717) is 13.2 Å². The lowest BCUT2D eigenvalue weighted by Crippen LogP contribution is -2.47. The van der Waals surface area contributed by atoms with Gasteiger partial charge in [0.15, 0.2) is 0 Å². The van der Waals surface area contributed by atoms with E-state index in [0.717, 1.165) is 38.6 Å². The number of aliphatic hydroxyl groups is 1. The van der Waals surface area contributed by atoms with E-state index >= 15 is 0 Å². The van der Waals surface area contributed by atoms with Crippen molar-refractivity contribution in [2.45, 2.75) is 44.2 Å². The highest BCUT2D eigenvalue weighted by Gasteiger charge is 2.30. The molecule has 2 atom stereocenters. The van der Waals surface area contributed by atoms with Crippen LogP contribution in [0, 0.1) is 0 Å². The highest BCUT2D eigenvalue weighted by Crippen LogP contribution is 2.23. The van der Waals surface area contributed by atoms with Gasteiger partial charge in [0.05, 0.1) is 19.3 Å². The third kappa shape index (κ3) is 2.69. The molecule has 86 valence electrons. The van der Waals surface area contributed by atoms with E-state index in [1.54, 1.807) is 0 Å². The van der Waals surface area contributed by atoms with Crippen LogP contribution in [0.3, 0.4) is 0 Å². The van der Waals surface area contributed by atoms with Gasteiger partial charge in [0.1, 0.15) is 0 Å². The van der Waals surface area contributed by atoms with Gasteiger partial charge in [-0.05, 0) is 19.3 Å². The number of ether oxygens (including phenoxy) is 1. The summed E-state index contributed by atoms with van der Waals surface area (Å²) in [6.07, 6.45) is 4.77. The first-order valence-corrected chi connectivity index (χ1v) is 5.85. The summed E-state index contributed by atoms with van der Waals surface area (Å²) in [5.41, 5.74) is 0. The van der Waals surface area contributed by atoms with Crippen molar-refractivity contribution in [2.75, 3.05) is 19.7 Å². The summed E-state index contributed by atoms with van der Waals surface area (Å²) in [5.74, 6) is -0.148. The van der Waals surface area contributed by atoms with Crippen LogP contribution in [0.2, 0.25) is 0 Å². The van der Waals surface area contributed by atoms with Crippen molar-refractivity contribution in [1.82, 2.24) is 4.90 Å². The molecule has 1 aliphatic heterocycles. The van der Waals surface area contributed by atoms with Gasteiger partial charge in [0.2, 0.25) is 0 Å². The number of hydrogen-bond donors (Lipinski definition) is 1. The molecule has 4 nitrogen and oxygen atoms in total. The molecule has 1 saturated heterocycles. The molecule has 0 aromatic heterocycles. The Morgan fingerprint density at radius 2 is 2.07 bits per heavy atom. The van der Waals surface area contributed by atoms with Crippen molar-refractivity contribution in [3.63, 3.8) is 0 Å². The average molecular weight is 213 g/mol. The molecule has 2 rings (SSSR count). The van der Waals surface area contributed by atoms with Gasteiger partial charge in [0, 0.05) is 12.6 Å². The number of esters is 1. The summed E-state index contributed by atoms with van der Waals surface area (Å²) in [4.78, 5) is 13.4. The molecule has 15 heavy (non-hydrogen) atoms. The number of nitrogens with zero attached hydrogens (tertiary/aromatic N) is 1.